The van der Waals surface area contributed by atoms with Gasteiger partial charge in [-0.05, 0) is 25.0 Å². The van der Waals surface area contributed by atoms with Crippen molar-refractivity contribution in [3.8, 4) is 0 Å². The third kappa shape index (κ3) is 4.28. The molecule has 0 amide bonds. The number of ether oxygens (including phenoxy) is 1. The number of para-hydroxylation sites is 1. The van der Waals surface area contributed by atoms with Gasteiger partial charge in [0.1, 0.15) is 5.82 Å². The highest BCUT2D eigenvalue weighted by molar-refractivity contribution is 5.88. The van der Waals surface area contributed by atoms with E-state index in [2.05, 4.69) is 9.97 Å². The van der Waals surface area contributed by atoms with Crippen molar-refractivity contribution in [1.82, 2.24) is 9.97 Å². The molecule has 0 radical (unpaired) electrons. The molecule has 1 aromatic carbocycles. The zero-order valence-electron chi connectivity index (χ0n) is 11.5. The molecule has 1 aliphatic rings. The number of nitrogens with two attached hydrogens (primary N) is 2. The minimum absolute atomic E-state index is 0.0116. The fraction of sp³-hybridized carbons (Fsp3) is 0.357. The molecule has 112 valence electrons. The highest BCUT2D eigenvalue weighted by atomic mass is 16.5. The number of carboxylic acid groups (broad SMARTS) is 1. The molecule has 1 saturated heterocycles. The predicted octanol–water partition coefficient (Wildman–Crippen LogP) is 1.43. The molecule has 1 unspecified atom stereocenters. The van der Waals surface area contributed by atoms with Crippen molar-refractivity contribution in [2.75, 3.05) is 18.1 Å². The summed E-state index contributed by atoms with van der Waals surface area (Å²) < 4.78 is 5.08. The SMILES string of the molecule is Nc1nc(N)c2ccccc2n1.O=C(O)CC1CCCO1. The molecule has 21 heavy (non-hydrogen) atoms. The second-order valence-corrected chi connectivity index (χ2v) is 4.72. The molecule has 1 aliphatic heterocycles. The number of nitrogen functional groups attached to an aromatic ring is 2. The van der Waals surface area contributed by atoms with Gasteiger partial charge in [0.05, 0.1) is 18.0 Å². The van der Waals surface area contributed by atoms with Crippen LogP contribution in [0.15, 0.2) is 24.3 Å². The number of hydrogen-bond donors (Lipinski definition) is 3. The van der Waals surface area contributed by atoms with Crippen LogP contribution in [-0.4, -0.2) is 33.8 Å². The van der Waals surface area contributed by atoms with Gasteiger partial charge >= 0.3 is 5.97 Å². The van der Waals surface area contributed by atoms with Gasteiger partial charge < -0.3 is 21.3 Å². The molecule has 1 atom stereocenters. The maximum absolute atomic E-state index is 10.1. The quantitative estimate of drug-likeness (QED) is 0.764. The number of anilines is 2. The first-order valence-electron chi connectivity index (χ1n) is 6.67. The Bertz CT molecular complexity index is 627. The molecule has 0 aliphatic carbocycles. The van der Waals surface area contributed by atoms with E-state index < -0.39 is 5.97 Å². The van der Waals surface area contributed by atoms with Crippen LogP contribution in [0.3, 0.4) is 0 Å². The molecule has 0 bridgehead atoms. The van der Waals surface area contributed by atoms with Crippen LogP contribution < -0.4 is 11.5 Å². The lowest BCUT2D eigenvalue weighted by Gasteiger charge is -2.02. The van der Waals surface area contributed by atoms with Gasteiger partial charge in [-0.1, -0.05) is 12.1 Å². The molecular weight excluding hydrogens is 272 g/mol. The Balaban J connectivity index is 0.000000161. The minimum Gasteiger partial charge on any atom is -0.481 e. The van der Waals surface area contributed by atoms with Gasteiger partial charge in [-0.15, -0.1) is 0 Å². The van der Waals surface area contributed by atoms with Gasteiger partial charge in [0, 0.05) is 12.0 Å². The Morgan fingerprint density at radius 2 is 2.10 bits per heavy atom. The maximum atomic E-state index is 10.1. The summed E-state index contributed by atoms with van der Waals surface area (Å²) in [5, 5.41) is 9.13. The van der Waals surface area contributed by atoms with Gasteiger partial charge in [-0.3, -0.25) is 4.79 Å². The fourth-order valence-electron chi connectivity index (χ4n) is 2.12. The molecule has 5 N–H and O–H groups in total. The Hall–Kier alpha value is -2.41. The van der Waals surface area contributed by atoms with Crippen molar-refractivity contribution < 1.29 is 14.6 Å². The number of nitrogens with zero attached hydrogens (tertiary/aromatic N) is 2. The third-order valence-corrected chi connectivity index (χ3v) is 3.08. The van der Waals surface area contributed by atoms with Crippen LogP contribution in [0.2, 0.25) is 0 Å². The highest BCUT2D eigenvalue weighted by Gasteiger charge is 2.17. The molecule has 0 spiro atoms. The lowest BCUT2D eigenvalue weighted by atomic mass is 10.2. The summed E-state index contributed by atoms with van der Waals surface area (Å²) in [4.78, 5) is 17.9. The number of benzene rings is 1. The molecular formula is C14H18N4O3. The summed E-state index contributed by atoms with van der Waals surface area (Å²) >= 11 is 0. The van der Waals surface area contributed by atoms with E-state index in [1.54, 1.807) is 0 Å². The van der Waals surface area contributed by atoms with E-state index >= 15 is 0 Å². The van der Waals surface area contributed by atoms with Crippen LogP contribution in [0.4, 0.5) is 11.8 Å². The first-order valence-corrected chi connectivity index (χ1v) is 6.67. The zero-order valence-corrected chi connectivity index (χ0v) is 11.5. The van der Waals surface area contributed by atoms with Gasteiger partial charge in [-0.25, -0.2) is 4.98 Å². The number of carboxylic acids is 1. The topological polar surface area (TPSA) is 124 Å². The Kier molecular flexibility index (Phi) is 4.89. The van der Waals surface area contributed by atoms with Crippen molar-refractivity contribution in [3.05, 3.63) is 24.3 Å². The number of carbonyl (C=O) groups is 1. The number of fused-ring (bicyclic) bond motifs is 1. The highest BCUT2D eigenvalue weighted by Crippen LogP contribution is 2.17. The number of hydrogen-bond acceptors (Lipinski definition) is 6. The summed E-state index contributed by atoms with van der Waals surface area (Å²) in [5.41, 5.74) is 11.8. The van der Waals surface area contributed by atoms with E-state index in [9.17, 15) is 4.79 Å². The molecule has 2 aromatic rings. The largest absolute Gasteiger partial charge is 0.481 e. The van der Waals surface area contributed by atoms with Crippen LogP contribution in [0.5, 0.6) is 0 Å². The van der Waals surface area contributed by atoms with E-state index in [0.717, 1.165) is 30.4 Å². The second-order valence-electron chi connectivity index (χ2n) is 4.72. The van der Waals surface area contributed by atoms with E-state index in [4.69, 9.17) is 21.3 Å². The number of rotatable bonds is 2. The Labute approximate surface area is 121 Å². The third-order valence-electron chi connectivity index (χ3n) is 3.08. The van der Waals surface area contributed by atoms with E-state index in [1.807, 2.05) is 24.3 Å². The fourth-order valence-corrected chi connectivity index (χ4v) is 2.12. The van der Waals surface area contributed by atoms with Crippen molar-refractivity contribution in [3.63, 3.8) is 0 Å². The van der Waals surface area contributed by atoms with E-state index in [-0.39, 0.29) is 18.5 Å². The Morgan fingerprint density at radius 3 is 2.76 bits per heavy atom. The first kappa shape index (κ1) is 15.0. The summed E-state index contributed by atoms with van der Waals surface area (Å²) in [5.74, 6) is -0.119. The normalized spacial score (nSPS) is 17.2. The summed E-state index contributed by atoms with van der Waals surface area (Å²) in [6, 6.07) is 7.49. The average molecular weight is 290 g/mol. The summed E-state index contributed by atoms with van der Waals surface area (Å²) in [6.45, 7) is 0.734. The van der Waals surface area contributed by atoms with Crippen molar-refractivity contribution >= 4 is 28.6 Å². The van der Waals surface area contributed by atoms with Crippen LogP contribution >= 0.6 is 0 Å². The standard InChI is InChI=1S/C8H8N4.C6H10O3/c9-7-5-3-1-2-4-6(5)11-8(10)12-7;7-6(8)4-5-2-1-3-9-5/h1-4H,(H4,9,10,11,12);5H,1-4H2,(H,7,8). The maximum Gasteiger partial charge on any atom is 0.305 e. The summed E-state index contributed by atoms with van der Waals surface area (Å²) in [6.07, 6.45) is 2.08. The first-order chi connectivity index (χ1) is 10.1. The van der Waals surface area contributed by atoms with Crippen LogP contribution in [0.25, 0.3) is 10.9 Å². The lowest BCUT2D eigenvalue weighted by Crippen LogP contribution is -2.10. The molecule has 2 heterocycles. The van der Waals surface area contributed by atoms with Crippen molar-refractivity contribution in [2.24, 2.45) is 0 Å². The average Bonchev–Trinajstić information content (AvgIpc) is 2.91. The van der Waals surface area contributed by atoms with Gasteiger partial charge in [-0.2, -0.15) is 4.98 Å². The molecule has 3 rings (SSSR count). The van der Waals surface area contributed by atoms with E-state index in [1.165, 1.54) is 0 Å². The minimum atomic E-state index is -0.762. The molecule has 1 aromatic heterocycles. The predicted molar refractivity (Wildman–Crippen MR) is 79.6 cm³/mol. The molecule has 7 heteroatoms. The summed E-state index contributed by atoms with van der Waals surface area (Å²) in [7, 11) is 0. The van der Waals surface area contributed by atoms with Gasteiger partial charge in [0.2, 0.25) is 5.95 Å². The number of aliphatic carboxylic acids is 1. The van der Waals surface area contributed by atoms with Crippen LogP contribution in [0.1, 0.15) is 19.3 Å². The van der Waals surface area contributed by atoms with Crippen LogP contribution in [0, 0.1) is 0 Å². The second kappa shape index (κ2) is 6.85. The van der Waals surface area contributed by atoms with Crippen molar-refractivity contribution in [2.45, 2.75) is 25.4 Å². The molecule has 7 nitrogen and oxygen atoms in total. The smallest absolute Gasteiger partial charge is 0.305 e. The van der Waals surface area contributed by atoms with Gasteiger partial charge in [0.25, 0.3) is 0 Å². The monoisotopic (exact) mass is 290 g/mol. The van der Waals surface area contributed by atoms with Crippen molar-refractivity contribution in [1.29, 1.82) is 0 Å². The van der Waals surface area contributed by atoms with E-state index in [0.29, 0.717) is 5.82 Å². The lowest BCUT2D eigenvalue weighted by molar-refractivity contribution is -0.139. The van der Waals surface area contributed by atoms with Crippen LogP contribution in [-0.2, 0) is 9.53 Å². The van der Waals surface area contributed by atoms with Gasteiger partial charge in [0.15, 0.2) is 0 Å². The number of aromatic nitrogens is 2. The molecule has 0 saturated carbocycles. The Morgan fingerprint density at radius 1 is 1.33 bits per heavy atom. The zero-order chi connectivity index (χ0) is 15.2. The molecule has 1 fully saturated rings.